The van der Waals surface area contributed by atoms with Crippen LogP contribution >= 0.6 is 0 Å². The Morgan fingerprint density at radius 1 is 1.25 bits per heavy atom. The van der Waals surface area contributed by atoms with E-state index in [-0.39, 0.29) is 0 Å². The van der Waals surface area contributed by atoms with E-state index < -0.39 is 0 Å². The Morgan fingerprint density at radius 3 is 2.65 bits per heavy atom. The summed E-state index contributed by atoms with van der Waals surface area (Å²) >= 11 is 0. The topological polar surface area (TPSA) is 64.3 Å². The summed E-state index contributed by atoms with van der Waals surface area (Å²) in [4.78, 5) is 11.0. The predicted octanol–water partition coefficient (Wildman–Crippen LogP) is 2.24. The van der Waals surface area contributed by atoms with E-state index in [4.69, 9.17) is 10.5 Å². The summed E-state index contributed by atoms with van der Waals surface area (Å²) in [6, 6.07) is 10.2. The predicted molar refractivity (Wildman–Crippen MR) is 78.6 cm³/mol. The molecule has 0 amide bonds. The number of aromatic nitrogens is 2. The number of nitrogens with zero attached hydrogens (tertiary/aromatic N) is 3. The SMILES string of the molecule is COc1ccnc(N(Cc2ccc(N)cc2)C2CC2)n1. The van der Waals surface area contributed by atoms with Crippen molar-refractivity contribution < 1.29 is 4.74 Å². The second-order valence-corrected chi connectivity index (χ2v) is 5.00. The first-order valence-corrected chi connectivity index (χ1v) is 6.74. The molecule has 1 aromatic heterocycles. The van der Waals surface area contributed by atoms with Crippen LogP contribution in [0.2, 0.25) is 0 Å². The lowest BCUT2D eigenvalue weighted by Gasteiger charge is -2.22. The van der Waals surface area contributed by atoms with Gasteiger partial charge in [0.1, 0.15) is 0 Å². The largest absolute Gasteiger partial charge is 0.481 e. The molecule has 0 atom stereocenters. The molecular formula is C15H18N4O. The van der Waals surface area contributed by atoms with Gasteiger partial charge in [0.05, 0.1) is 7.11 Å². The van der Waals surface area contributed by atoms with E-state index >= 15 is 0 Å². The highest BCUT2D eigenvalue weighted by atomic mass is 16.5. The molecule has 2 aromatic rings. The van der Waals surface area contributed by atoms with Gasteiger partial charge in [-0.3, -0.25) is 0 Å². The lowest BCUT2D eigenvalue weighted by Crippen LogP contribution is -2.27. The lowest BCUT2D eigenvalue weighted by atomic mass is 10.2. The zero-order chi connectivity index (χ0) is 13.9. The van der Waals surface area contributed by atoms with E-state index in [2.05, 4.69) is 14.9 Å². The smallest absolute Gasteiger partial charge is 0.229 e. The minimum atomic E-state index is 0.527. The minimum Gasteiger partial charge on any atom is -0.481 e. The molecule has 0 saturated heterocycles. The van der Waals surface area contributed by atoms with Crippen molar-refractivity contribution in [1.82, 2.24) is 9.97 Å². The maximum atomic E-state index is 5.72. The Bertz CT molecular complexity index is 581. The Hall–Kier alpha value is -2.30. The molecule has 0 spiro atoms. The first kappa shape index (κ1) is 12.7. The van der Waals surface area contributed by atoms with Crippen LogP contribution in [0.4, 0.5) is 11.6 Å². The van der Waals surface area contributed by atoms with Gasteiger partial charge in [-0.05, 0) is 30.5 Å². The first-order valence-electron chi connectivity index (χ1n) is 6.74. The van der Waals surface area contributed by atoms with Gasteiger partial charge in [-0.1, -0.05) is 12.1 Å². The van der Waals surface area contributed by atoms with E-state index in [0.29, 0.717) is 11.9 Å². The average Bonchev–Trinajstić information content (AvgIpc) is 3.31. The van der Waals surface area contributed by atoms with Crippen LogP contribution in [0.15, 0.2) is 36.5 Å². The summed E-state index contributed by atoms with van der Waals surface area (Å²) in [5.41, 5.74) is 7.71. The molecule has 2 N–H and O–H groups in total. The summed E-state index contributed by atoms with van der Waals surface area (Å²) < 4.78 is 5.18. The number of methoxy groups -OCH3 is 1. The molecule has 104 valence electrons. The molecule has 1 fully saturated rings. The van der Waals surface area contributed by atoms with Crippen LogP contribution < -0.4 is 15.4 Å². The fourth-order valence-electron chi connectivity index (χ4n) is 2.15. The molecule has 20 heavy (non-hydrogen) atoms. The third-order valence-electron chi connectivity index (χ3n) is 3.40. The van der Waals surface area contributed by atoms with Crippen molar-refractivity contribution in [3.63, 3.8) is 0 Å². The third-order valence-corrected chi connectivity index (χ3v) is 3.40. The lowest BCUT2D eigenvalue weighted by molar-refractivity contribution is 0.396. The Kier molecular flexibility index (Phi) is 3.41. The molecule has 0 unspecified atom stereocenters. The monoisotopic (exact) mass is 270 g/mol. The average molecular weight is 270 g/mol. The standard InChI is InChI=1S/C15H18N4O/c1-20-14-8-9-17-15(18-14)19(13-6-7-13)10-11-2-4-12(16)5-3-11/h2-5,8-9,13H,6-7,10,16H2,1H3. The van der Waals surface area contributed by atoms with E-state index in [1.54, 1.807) is 19.4 Å². The van der Waals surface area contributed by atoms with Gasteiger partial charge in [0.2, 0.25) is 11.8 Å². The van der Waals surface area contributed by atoms with E-state index in [1.807, 2.05) is 24.3 Å². The van der Waals surface area contributed by atoms with Gasteiger partial charge >= 0.3 is 0 Å². The number of benzene rings is 1. The molecule has 0 radical (unpaired) electrons. The van der Waals surface area contributed by atoms with E-state index in [9.17, 15) is 0 Å². The molecule has 1 aliphatic rings. The second kappa shape index (κ2) is 5.36. The molecule has 5 heteroatoms. The van der Waals surface area contributed by atoms with Crippen LogP contribution in [-0.4, -0.2) is 23.1 Å². The number of rotatable bonds is 5. The number of hydrogen-bond donors (Lipinski definition) is 1. The molecule has 0 aliphatic heterocycles. The van der Waals surface area contributed by atoms with Gasteiger partial charge in [-0.15, -0.1) is 0 Å². The summed E-state index contributed by atoms with van der Waals surface area (Å²) in [6.45, 7) is 0.790. The quantitative estimate of drug-likeness (QED) is 0.844. The summed E-state index contributed by atoms with van der Waals surface area (Å²) in [5.74, 6) is 1.32. The van der Waals surface area contributed by atoms with Gasteiger partial charge in [-0.25, -0.2) is 4.98 Å². The highest BCUT2D eigenvalue weighted by molar-refractivity contribution is 5.42. The highest BCUT2D eigenvalue weighted by Crippen LogP contribution is 2.31. The Balaban J connectivity index is 1.83. The number of anilines is 2. The summed E-state index contributed by atoms with van der Waals surface area (Å²) in [6.07, 6.45) is 4.12. The fourth-order valence-corrected chi connectivity index (χ4v) is 2.15. The van der Waals surface area contributed by atoms with Crippen LogP contribution in [0.5, 0.6) is 5.88 Å². The summed E-state index contributed by atoms with van der Waals surface area (Å²) in [5, 5.41) is 0. The van der Waals surface area contributed by atoms with Gasteiger partial charge in [0.15, 0.2) is 0 Å². The molecule has 3 rings (SSSR count). The van der Waals surface area contributed by atoms with Gasteiger partial charge in [0, 0.05) is 30.5 Å². The van der Waals surface area contributed by atoms with Crippen molar-refractivity contribution >= 4 is 11.6 Å². The fraction of sp³-hybridized carbons (Fsp3) is 0.333. The van der Waals surface area contributed by atoms with E-state index in [1.165, 1.54) is 18.4 Å². The van der Waals surface area contributed by atoms with Crippen molar-refractivity contribution in [2.45, 2.75) is 25.4 Å². The normalized spacial score (nSPS) is 14.1. The highest BCUT2D eigenvalue weighted by Gasteiger charge is 2.31. The molecule has 1 aromatic carbocycles. The zero-order valence-electron chi connectivity index (χ0n) is 11.5. The molecule has 1 aliphatic carbocycles. The van der Waals surface area contributed by atoms with Crippen molar-refractivity contribution in [1.29, 1.82) is 0 Å². The van der Waals surface area contributed by atoms with Crippen molar-refractivity contribution in [3.05, 3.63) is 42.1 Å². The van der Waals surface area contributed by atoms with Crippen molar-refractivity contribution in [2.75, 3.05) is 17.7 Å². The van der Waals surface area contributed by atoms with Crippen molar-refractivity contribution in [2.24, 2.45) is 0 Å². The van der Waals surface area contributed by atoms with Gasteiger partial charge < -0.3 is 15.4 Å². The summed E-state index contributed by atoms with van der Waals surface area (Å²) in [7, 11) is 1.62. The van der Waals surface area contributed by atoms with Crippen molar-refractivity contribution in [3.8, 4) is 5.88 Å². The maximum Gasteiger partial charge on any atom is 0.229 e. The van der Waals surface area contributed by atoms with Crippen LogP contribution in [0, 0.1) is 0 Å². The Morgan fingerprint density at radius 2 is 2.00 bits per heavy atom. The molecular weight excluding hydrogens is 252 g/mol. The molecule has 1 saturated carbocycles. The molecule has 5 nitrogen and oxygen atoms in total. The molecule has 0 bridgehead atoms. The van der Waals surface area contributed by atoms with Crippen LogP contribution in [0.1, 0.15) is 18.4 Å². The van der Waals surface area contributed by atoms with Gasteiger partial charge in [0.25, 0.3) is 0 Å². The third kappa shape index (κ3) is 2.82. The van der Waals surface area contributed by atoms with E-state index in [0.717, 1.165) is 18.2 Å². The van der Waals surface area contributed by atoms with Crippen LogP contribution in [-0.2, 0) is 6.54 Å². The minimum absolute atomic E-state index is 0.527. The first-order chi connectivity index (χ1) is 9.76. The van der Waals surface area contributed by atoms with Crippen LogP contribution in [0.3, 0.4) is 0 Å². The zero-order valence-corrected chi connectivity index (χ0v) is 11.5. The Labute approximate surface area is 118 Å². The van der Waals surface area contributed by atoms with Crippen LogP contribution in [0.25, 0.3) is 0 Å². The number of nitrogens with two attached hydrogens (primary N) is 1. The maximum absolute atomic E-state index is 5.72. The van der Waals surface area contributed by atoms with Gasteiger partial charge in [-0.2, -0.15) is 4.98 Å². The number of hydrogen-bond acceptors (Lipinski definition) is 5. The number of ether oxygens (including phenoxy) is 1. The number of nitrogen functional groups attached to an aromatic ring is 1. The second-order valence-electron chi connectivity index (χ2n) is 5.00. The molecule has 1 heterocycles.